The van der Waals surface area contributed by atoms with Crippen LogP contribution in [0.25, 0.3) is 0 Å². The Bertz CT molecular complexity index is 440. The summed E-state index contributed by atoms with van der Waals surface area (Å²) in [6.45, 7) is 4.14. The van der Waals surface area contributed by atoms with Crippen molar-refractivity contribution >= 4 is 17.3 Å². The van der Waals surface area contributed by atoms with Crippen LogP contribution in [-0.4, -0.2) is 22.9 Å². The molecule has 3 rings (SSSR count). The van der Waals surface area contributed by atoms with Gasteiger partial charge in [0.15, 0.2) is 5.96 Å². The summed E-state index contributed by atoms with van der Waals surface area (Å²) in [5.74, 6) is 1.61. The summed E-state index contributed by atoms with van der Waals surface area (Å²) >= 11 is 1.81. The van der Waals surface area contributed by atoms with E-state index in [1.54, 1.807) is 0 Å². The summed E-state index contributed by atoms with van der Waals surface area (Å²) in [7, 11) is 0. The zero-order chi connectivity index (χ0) is 12.6. The third-order valence-corrected chi connectivity index (χ3v) is 5.40. The van der Waals surface area contributed by atoms with Crippen molar-refractivity contribution in [3.8, 4) is 0 Å². The standard InChI is InChI=1S/C14H21N3S/c1-2-11-5-6-14(8-11)10-16-13(15)17(14)9-12-4-3-7-18-12/h3-4,7,11H,2,5-6,8-10H2,1H3,(H2,15,16). The van der Waals surface area contributed by atoms with Crippen molar-refractivity contribution in [3.63, 3.8) is 0 Å². The highest BCUT2D eigenvalue weighted by molar-refractivity contribution is 7.09. The van der Waals surface area contributed by atoms with E-state index in [1.807, 2.05) is 11.3 Å². The molecule has 1 saturated carbocycles. The number of guanidine groups is 1. The van der Waals surface area contributed by atoms with Crippen LogP contribution in [0, 0.1) is 5.92 Å². The van der Waals surface area contributed by atoms with Gasteiger partial charge in [-0.05, 0) is 36.6 Å². The molecule has 2 N–H and O–H groups in total. The Kier molecular flexibility index (Phi) is 3.06. The zero-order valence-corrected chi connectivity index (χ0v) is 11.7. The van der Waals surface area contributed by atoms with E-state index in [9.17, 15) is 0 Å². The maximum Gasteiger partial charge on any atom is 0.192 e. The van der Waals surface area contributed by atoms with Gasteiger partial charge in [-0.25, -0.2) is 0 Å². The summed E-state index contributed by atoms with van der Waals surface area (Å²) in [6.07, 6.45) is 5.13. The Hall–Kier alpha value is -1.03. The normalized spacial score (nSPS) is 31.3. The van der Waals surface area contributed by atoms with Crippen LogP contribution >= 0.6 is 11.3 Å². The second kappa shape index (κ2) is 4.57. The van der Waals surface area contributed by atoms with E-state index in [2.05, 4.69) is 34.3 Å². The molecular formula is C14H21N3S. The predicted molar refractivity (Wildman–Crippen MR) is 76.7 cm³/mol. The van der Waals surface area contributed by atoms with Gasteiger partial charge < -0.3 is 10.6 Å². The largest absolute Gasteiger partial charge is 0.370 e. The van der Waals surface area contributed by atoms with Crippen LogP contribution in [0.3, 0.4) is 0 Å². The molecule has 0 saturated heterocycles. The third kappa shape index (κ3) is 1.92. The SMILES string of the molecule is CCC1CCC2(CN=C(N)N2Cc2cccs2)C1. The zero-order valence-electron chi connectivity index (χ0n) is 10.9. The minimum absolute atomic E-state index is 0.231. The Morgan fingerprint density at radius 3 is 3.17 bits per heavy atom. The molecule has 18 heavy (non-hydrogen) atoms. The molecule has 1 fully saturated rings. The smallest absolute Gasteiger partial charge is 0.192 e. The van der Waals surface area contributed by atoms with Crippen molar-refractivity contribution < 1.29 is 0 Å². The maximum atomic E-state index is 6.12. The van der Waals surface area contributed by atoms with Gasteiger partial charge in [-0.3, -0.25) is 4.99 Å². The Morgan fingerprint density at radius 1 is 1.61 bits per heavy atom. The number of nitrogens with zero attached hydrogens (tertiary/aromatic N) is 2. The highest BCUT2D eigenvalue weighted by Crippen LogP contribution is 2.43. The molecule has 0 aromatic carbocycles. The van der Waals surface area contributed by atoms with E-state index in [0.29, 0.717) is 0 Å². The first-order valence-electron chi connectivity index (χ1n) is 6.83. The minimum atomic E-state index is 0.231. The number of rotatable bonds is 3. The molecule has 0 bridgehead atoms. The summed E-state index contributed by atoms with van der Waals surface area (Å²) in [5.41, 5.74) is 6.35. The van der Waals surface area contributed by atoms with Crippen LogP contribution < -0.4 is 5.73 Å². The molecule has 1 aliphatic heterocycles. The number of aliphatic imine (C=N–C) groups is 1. The highest BCUT2D eigenvalue weighted by Gasteiger charge is 2.47. The average Bonchev–Trinajstić information content (AvgIpc) is 3.08. The fraction of sp³-hybridized carbons (Fsp3) is 0.643. The van der Waals surface area contributed by atoms with E-state index in [1.165, 1.54) is 30.6 Å². The summed E-state index contributed by atoms with van der Waals surface area (Å²) < 4.78 is 0. The second-order valence-electron chi connectivity index (χ2n) is 5.58. The molecule has 4 heteroatoms. The van der Waals surface area contributed by atoms with Crippen molar-refractivity contribution in [2.24, 2.45) is 16.6 Å². The topological polar surface area (TPSA) is 41.6 Å². The predicted octanol–water partition coefficient (Wildman–Crippen LogP) is 2.83. The van der Waals surface area contributed by atoms with Crippen molar-refractivity contribution in [2.75, 3.05) is 6.54 Å². The molecule has 98 valence electrons. The Morgan fingerprint density at radius 2 is 2.50 bits per heavy atom. The number of nitrogens with two attached hydrogens (primary N) is 1. The molecule has 2 aliphatic rings. The third-order valence-electron chi connectivity index (χ3n) is 4.54. The number of hydrogen-bond donors (Lipinski definition) is 1. The van der Waals surface area contributed by atoms with Gasteiger partial charge >= 0.3 is 0 Å². The van der Waals surface area contributed by atoms with Gasteiger partial charge in [-0.15, -0.1) is 11.3 Å². The quantitative estimate of drug-likeness (QED) is 0.911. The van der Waals surface area contributed by atoms with Crippen LogP contribution in [0.1, 0.15) is 37.5 Å². The van der Waals surface area contributed by atoms with Crippen LogP contribution in [0.15, 0.2) is 22.5 Å². The van der Waals surface area contributed by atoms with Gasteiger partial charge in [-0.1, -0.05) is 19.4 Å². The summed E-state index contributed by atoms with van der Waals surface area (Å²) in [6, 6.07) is 4.30. The van der Waals surface area contributed by atoms with E-state index < -0.39 is 0 Å². The fourth-order valence-electron chi connectivity index (χ4n) is 3.40. The second-order valence-corrected chi connectivity index (χ2v) is 6.61. The van der Waals surface area contributed by atoms with Gasteiger partial charge in [0.1, 0.15) is 0 Å². The lowest BCUT2D eigenvalue weighted by atomic mass is 9.94. The van der Waals surface area contributed by atoms with Crippen molar-refractivity contribution in [3.05, 3.63) is 22.4 Å². The van der Waals surface area contributed by atoms with Crippen molar-refractivity contribution in [1.82, 2.24) is 4.90 Å². The lowest BCUT2D eigenvalue weighted by Crippen LogP contribution is -2.49. The molecule has 0 radical (unpaired) electrons. The van der Waals surface area contributed by atoms with Crippen molar-refractivity contribution in [1.29, 1.82) is 0 Å². The van der Waals surface area contributed by atoms with E-state index in [0.717, 1.165) is 25.0 Å². The van der Waals surface area contributed by atoms with Gasteiger partial charge in [0.05, 0.1) is 18.6 Å². The van der Waals surface area contributed by atoms with Gasteiger partial charge in [0.2, 0.25) is 0 Å². The van der Waals surface area contributed by atoms with E-state index >= 15 is 0 Å². The van der Waals surface area contributed by atoms with Gasteiger partial charge in [-0.2, -0.15) is 0 Å². The monoisotopic (exact) mass is 263 g/mol. The van der Waals surface area contributed by atoms with Gasteiger partial charge in [0.25, 0.3) is 0 Å². The number of thiophene rings is 1. The highest BCUT2D eigenvalue weighted by atomic mass is 32.1. The molecule has 2 heterocycles. The lowest BCUT2D eigenvalue weighted by Gasteiger charge is -2.36. The average molecular weight is 263 g/mol. The van der Waals surface area contributed by atoms with E-state index in [4.69, 9.17) is 5.73 Å². The minimum Gasteiger partial charge on any atom is -0.370 e. The van der Waals surface area contributed by atoms with E-state index in [-0.39, 0.29) is 5.54 Å². The van der Waals surface area contributed by atoms with Crippen LogP contribution in [0.2, 0.25) is 0 Å². The molecule has 1 spiro atoms. The molecule has 1 aromatic rings. The van der Waals surface area contributed by atoms with Crippen LogP contribution in [-0.2, 0) is 6.54 Å². The molecule has 3 nitrogen and oxygen atoms in total. The molecule has 0 amide bonds. The molecule has 1 aromatic heterocycles. The lowest BCUT2D eigenvalue weighted by molar-refractivity contribution is 0.193. The summed E-state index contributed by atoms with van der Waals surface area (Å²) in [5, 5.41) is 2.13. The Labute approximate surface area is 113 Å². The first-order valence-corrected chi connectivity index (χ1v) is 7.71. The number of hydrogen-bond acceptors (Lipinski definition) is 4. The van der Waals surface area contributed by atoms with Gasteiger partial charge in [0, 0.05) is 4.88 Å². The molecule has 2 unspecified atom stereocenters. The van der Waals surface area contributed by atoms with Crippen LogP contribution in [0.5, 0.6) is 0 Å². The molecule has 1 aliphatic carbocycles. The van der Waals surface area contributed by atoms with Crippen LogP contribution in [0.4, 0.5) is 0 Å². The first-order chi connectivity index (χ1) is 8.73. The summed E-state index contributed by atoms with van der Waals surface area (Å²) in [4.78, 5) is 8.28. The Balaban J connectivity index is 1.79. The fourth-order valence-corrected chi connectivity index (χ4v) is 4.09. The molecule has 2 atom stereocenters. The van der Waals surface area contributed by atoms with Crippen molar-refractivity contribution in [2.45, 2.75) is 44.7 Å². The maximum absolute atomic E-state index is 6.12. The first kappa shape index (κ1) is 12.0. The molecular weight excluding hydrogens is 242 g/mol.